The molecular formula is C13H12FIN2O. The van der Waals surface area contributed by atoms with Gasteiger partial charge in [0.15, 0.2) is 0 Å². The first-order valence-corrected chi connectivity index (χ1v) is 6.93. The third-order valence-electron chi connectivity index (χ3n) is 2.86. The van der Waals surface area contributed by atoms with Crippen LogP contribution in [0.15, 0.2) is 28.9 Å². The van der Waals surface area contributed by atoms with E-state index >= 15 is 0 Å². The highest BCUT2D eigenvalue weighted by Gasteiger charge is 2.20. The number of nitrogens with zero attached hydrogens (tertiary/aromatic N) is 1. The van der Waals surface area contributed by atoms with Crippen molar-refractivity contribution in [2.45, 2.75) is 25.4 Å². The standard InChI is InChI=1S/C13H12FIN2O/c14-8-1-4-11(12(15)5-8)13-17-10(7-18-13)6-16-9-2-3-9/h1,4-5,7,9,16H,2-3,6H2. The number of benzene rings is 1. The Hall–Kier alpha value is -0.950. The van der Waals surface area contributed by atoms with Gasteiger partial charge in [-0.05, 0) is 53.6 Å². The van der Waals surface area contributed by atoms with Crippen LogP contribution in [-0.2, 0) is 6.54 Å². The largest absolute Gasteiger partial charge is 0.444 e. The lowest BCUT2D eigenvalue weighted by molar-refractivity contribution is 0.569. The first-order valence-electron chi connectivity index (χ1n) is 5.85. The molecule has 1 N–H and O–H groups in total. The van der Waals surface area contributed by atoms with E-state index in [0.29, 0.717) is 11.9 Å². The summed E-state index contributed by atoms with van der Waals surface area (Å²) in [6.45, 7) is 0.728. The molecule has 3 nitrogen and oxygen atoms in total. The Balaban J connectivity index is 1.78. The molecule has 2 aromatic rings. The van der Waals surface area contributed by atoms with Crippen LogP contribution in [0, 0.1) is 9.39 Å². The van der Waals surface area contributed by atoms with E-state index in [1.54, 1.807) is 12.3 Å². The lowest BCUT2D eigenvalue weighted by Gasteiger charge is -1.99. The number of rotatable bonds is 4. The Labute approximate surface area is 118 Å². The summed E-state index contributed by atoms with van der Waals surface area (Å²) in [5.41, 5.74) is 1.71. The molecular weight excluding hydrogens is 346 g/mol. The van der Waals surface area contributed by atoms with Gasteiger partial charge in [-0.25, -0.2) is 9.37 Å². The van der Waals surface area contributed by atoms with E-state index in [2.05, 4.69) is 32.9 Å². The van der Waals surface area contributed by atoms with Crippen molar-refractivity contribution in [3.63, 3.8) is 0 Å². The lowest BCUT2D eigenvalue weighted by Crippen LogP contribution is -2.15. The number of nitrogens with one attached hydrogen (secondary N) is 1. The molecule has 0 bridgehead atoms. The van der Waals surface area contributed by atoms with E-state index in [9.17, 15) is 4.39 Å². The minimum Gasteiger partial charge on any atom is -0.444 e. The maximum absolute atomic E-state index is 13.0. The molecule has 1 aliphatic carbocycles. The zero-order valence-electron chi connectivity index (χ0n) is 9.62. The van der Waals surface area contributed by atoms with Gasteiger partial charge in [-0.15, -0.1) is 0 Å². The van der Waals surface area contributed by atoms with Crippen LogP contribution in [0.3, 0.4) is 0 Å². The van der Waals surface area contributed by atoms with E-state index in [0.717, 1.165) is 21.4 Å². The number of aromatic nitrogens is 1. The zero-order chi connectivity index (χ0) is 12.5. The summed E-state index contributed by atoms with van der Waals surface area (Å²) in [6, 6.07) is 5.24. The second-order valence-corrected chi connectivity index (χ2v) is 5.59. The molecule has 0 radical (unpaired) electrons. The predicted molar refractivity (Wildman–Crippen MR) is 74.5 cm³/mol. The molecule has 1 aromatic carbocycles. The molecule has 3 rings (SSSR count). The number of hydrogen-bond acceptors (Lipinski definition) is 3. The average molecular weight is 358 g/mol. The fourth-order valence-corrected chi connectivity index (χ4v) is 2.42. The topological polar surface area (TPSA) is 38.1 Å². The molecule has 1 heterocycles. The molecule has 0 saturated heterocycles. The van der Waals surface area contributed by atoms with E-state index in [1.807, 2.05) is 0 Å². The van der Waals surface area contributed by atoms with E-state index in [1.165, 1.54) is 25.0 Å². The van der Waals surface area contributed by atoms with Gasteiger partial charge in [-0.2, -0.15) is 0 Å². The van der Waals surface area contributed by atoms with Crippen molar-refractivity contribution < 1.29 is 8.81 Å². The Morgan fingerprint density at radius 1 is 1.44 bits per heavy atom. The minimum atomic E-state index is -0.245. The third kappa shape index (κ3) is 2.72. The summed E-state index contributed by atoms with van der Waals surface area (Å²) in [4.78, 5) is 4.41. The highest BCUT2D eigenvalue weighted by atomic mass is 127. The quantitative estimate of drug-likeness (QED) is 0.852. The third-order valence-corrected chi connectivity index (χ3v) is 3.75. The predicted octanol–water partition coefficient (Wildman–Crippen LogP) is 3.34. The Morgan fingerprint density at radius 2 is 2.28 bits per heavy atom. The molecule has 1 aromatic heterocycles. The Morgan fingerprint density at radius 3 is 3.00 bits per heavy atom. The summed E-state index contributed by atoms with van der Waals surface area (Å²) in [5, 5.41) is 3.38. The molecule has 94 valence electrons. The molecule has 0 aliphatic heterocycles. The second-order valence-electron chi connectivity index (χ2n) is 4.42. The maximum Gasteiger partial charge on any atom is 0.227 e. The van der Waals surface area contributed by atoms with E-state index < -0.39 is 0 Å². The van der Waals surface area contributed by atoms with Gasteiger partial charge in [-0.3, -0.25) is 0 Å². The van der Waals surface area contributed by atoms with Crippen LogP contribution in [0.1, 0.15) is 18.5 Å². The minimum absolute atomic E-state index is 0.245. The van der Waals surface area contributed by atoms with Crippen LogP contribution in [0.25, 0.3) is 11.5 Å². The van der Waals surface area contributed by atoms with Crippen molar-refractivity contribution in [1.29, 1.82) is 0 Å². The maximum atomic E-state index is 13.0. The zero-order valence-corrected chi connectivity index (χ0v) is 11.8. The lowest BCUT2D eigenvalue weighted by atomic mass is 10.2. The Kier molecular flexibility index (Phi) is 3.34. The normalized spacial score (nSPS) is 15.0. The molecule has 0 atom stereocenters. The molecule has 1 aliphatic rings. The SMILES string of the molecule is Fc1ccc(-c2nc(CNC3CC3)co2)c(I)c1. The molecule has 0 unspecified atom stereocenters. The fourth-order valence-electron chi connectivity index (χ4n) is 1.71. The van der Waals surface area contributed by atoms with Crippen molar-refractivity contribution >= 4 is 22.6 Å². The fraction of sp³-hybridized carbons (Fsp3) is 0.308. The van der Waals surface area contributed by atoms with Gasteiger partial charge in [-0.1, -0.05) is 0 Å². The second kappa shape index (κ2) is 4.97. The molecule has 0 amide bonds. The van der Waals surface area contributed by atoms with Gasteiger partial charge in [0, 0.05) is 16.2 Å². The van der Waals surface area contributed by atoms with Crippen LogP contribution in [0.5, 0.6) is 0 Å². The van der Waals surface area contributed by atoms with E-state index in [-0.39, 0.29) is 5.82 Å². The van der Waals surface area contributed by atoms with Crippen LogP contribution in [0.4, 0.5) is 4.39 Å². The van der Waals surface area contributed by atoms with Gasteiger partial charge in [0.2, 0.25) is 5.89 Å². The van der Waals surface area contributed by atoms with Crippen molar-refractivity contribution in [2.24, 2.45) is 0 Å². The van der Waals surface area contributed by atoms with Gasteiger partial charge < -0.3 is 9.73 Å². The van der Waals surface area contributed by atoms with Crippen LogP contribution in [0.2, 0.25) is 0 Å². The number of hydrogen-bond donors (Lipinski definition) is 1. The van der Waals surface area contributed by atoms with Gasteiger partial charge in [0.05, 0.1) is 11.3 Å². The van der Waals surface area contributed by atoms with Crippen molar-refractivity contribution in [3.8, 4) is 11.5 Å². The molecule has 18 heavy (non-hydrogen) atoms. The molecule has 1 saturated carbocycles. The summed E-state index contributed by atoms with van der Waals surface area (Å²) >= 11 is 2.09. The average Bonchev–Trinajstić information content (AvgIpc) is 3.05. The van der Waals surface area contributed by atoms with Gasteiger partial charge in [0.1, 0.15) is 12.1 Å². The summed E-state index contributed by atoms with van der Waals surface area (Å²) in [7, 11) is 0. The first-order chi connectivity index (χ1) is 8.72. The summed E-state index contributed by atoms with van der Waals surface area (Å²) < 4.78 is 19.3. The molecule has 1 fully saturated rings. The summed E-state index contributed by atoms with van der Waals surface area (Å²) in [5.74, 6) is 0.303. The first kappa shape index (κ1) is 12.1. The van der Waals surface area contributed by atoms with Crippen LogP contribution < -0.4 is 5.32 Å². The molecule has 0 spiro atoms. The van der Waals surface area contributed by atoms with Gasteiger partial charge >= 0.3 is 0 Å². The Bertz CT molecular complexity index is 566. The highest BCUT2D eigenvalue weighted by molar-refractivity contribution is 14.1. The smallest absolute Gasteiger partial charge is 0.227 e. The highest BCUT2D eigenvalue weighted by Crippen LogP contribution is 2.25. The number of oxazole rings is 1. The van der Waals surface area contributed by atoms with Crippen molar-refractivity contribution in [1.82, 2.24) is 10.3 Å². The number of halogens is 2. The monoisotopic (exact) mass is 358 g/mol. The van der Waals surface area contributed by atoms with Crippen LogP contribution >= 0.6 is 22.6 Å². The van der Waals surface area contributed by atoms with Crippen molar-refractivity contribution in [3.05, 3.63) is 39.5 Å². The van der Waals surface area contributed by atoms with Gasteiger partial charge in [0.25, 0.3) is 0 Å². The van der Waals surface area contributed by atoms with E-state index in [4.69, 9.17) is 4.42 Å². The van der Waals surface area contributed by atoms with Crippen molar-refractivity contribution in [2.75, 3.05) is 0 Å². The summed E-state index contributed by atoms with van der Waals surface area (Å²) in [6.07, 6.45) is 4.16. The molecule has 5 heteroatoms. The van der Waals surface area contributed by atoms with Crippen LogP contribution in [-0.4, -0.2) is 11.0 Å².